The molecule has 11 heavy (non-hydrogen) atoms. The predicted octanol–water partition coefficient (Wildman–Crippen LogP) is -1.11. The number of hydrogen-bond acceptors (Lipinski definition) is 7. The summed E-state index contributed by atoms with van der Waals surface area (Å²) in [5.41, 5.74) is 5.36. The smallest absolute Gasteiger partial charge is 0.326 e. The zero-order valence-electron chi connectivity index (χ0n) is 5.38. The van der Waals surface area contributed by atoms with Crippen molar-refractivity contribution in [3.63, 3.8) is 0 Å². The van der Waals surface area contributed by atoms with Crippen LogP contribution in [0.1, 0.15) is 0 Å². The van der Waals surface area contributed by atoms with Gasteiger partial charge >= 0.3 is 6.02 Å². The molecule has 0 aromatic carbocycles. The maximum absolute atomic E-state index is 9.05. The van der Waals surface area contributed by atoms with Crippen molar-refractivity contribution >= 4 is 6.02 Å². The molecule has 0 radical (unpaired) electrons. The first-order valence-electron chi connectivity index (χ1n) is 2.87. The van der Waals surface area contributed by atoms with Crippen molar-refractivity contribution in [3.05, 3.63) is 12.1 Å². The average molecular weight is 158 g/mol. The molecule has 7 heteroatoms. The lowest BCUT2D eigenvalue weighted by molar-refractivity contribution is -0.139. The summed E-state index contributed by atoms with van der Waals surface area (Å²) in [5, 5.41) is 21.9. The van der Waals surface area contributed by atoms with E-state index >= 15 is 0 Å². The van der Waals surface area contributed by atoms with Crippen LogP contribution in [-0.2, 0) is 4.74 Å². The van der Waals surface area contributed by atoms with Gasteiger partial charge in [-0.2, -0.15) is 0 Å². The summed E-state index contributed by atoms with van der Waals surface area (Å²) in [4.78, 5) is 1.14. The van der Waals surface area contributed by atoms with Crippen LogP contribution in [0.25, 0.3) is 0 Å². The van der Waals surface area contributed by atoms with E-state index in [1.54, 1.807) is 0 Å². The van der Waals surface area contributed by atoms with E-state index < -0.39 is 6.29 Å². The standard InChI is InChI=1S/C4H6N4O3/c5-3-7-2(9)1-11-4(7)6-8(3)10/h1,3,9-10H,5H2. The van der Waals surface area contributed by atoms with Crippen molar-refractivity contribution in [1.29, 1.82) is 0 Å². The highest BCUT2D eigenvalue weighted by atomic mass is 16.6. The van der Waals surface area contributed by atoms with Gasteiger partial charge in [0.05, 0.1) is 0 Å². The summed E-state index contributed by atoms with van der Waals surface area (Å²) in [5.74, 6) is -0.173. The summed E-state index contributed by atoms with van der Waals surface area (Å²) < 4.78 is 4.71. The van der Waals surface area contributed by atoms with Crippen LogP contribution in [-0.4, -0.2) is 32.7 Å². The second-order valence-electron chi connectivity index (χ2n) is 2.08. The molecule has 4 N–H and O–H groups in total. The third kappa shape index (κ3) is 0.657. The molecule has 2 rings (SSSR count). The molecule has 0 spiro atoms. The highest BCUT2D eigenvalue weighted by Crippen LogP contribution is 2.21. The molecule has 60 valence electrons. The minimum absolute atomic E-state index is 0.0671. The summed E-state index contributed by atoms with van der Waals surface area (Å²) in [6.07, 6.45) is 0.176. The van der Waals surface area contributed by atoms with Crippen molar-refractivity contribution in [2.45, 2.75) is 6.29 Å². The van der Waals surface area contributed by atoms with Crippen LogP contribution in [0.15, 0.2) is 17.2 Å². The van der Waals surface area contributed by atoms with Crippen molar-refractivity contribution in [2.24, 2.45) is 10.8 Å². The van der Waals surface area contributed by atoms with Gasteiger partial charge in [-0.3, -0.25) is 10.9 Å². The van der Waals surface area contributed by atoms with Crippen LogP contribution in [0.5, 0.6) is 0 Å². The number of rotatable bonds is 0. The van der Waals surface area contributed by atoms with E-state index in [0.29, 0.717) is 5.17 Å². The van der Waals surface area contributed by atoms with Gasteiger partial charge in [0.25, 0.3) is 0 Å². The summed E-state index contributed by atoms with van der Waals surface area (Å²) in [7, 11) is 0. The van der Waals surface area contributed by atoms with Crippen LogP contribution >= 0.6 is 0 Å². The Labute approximate surface area is 61.5 Å². The first kappa shape index (κ1) is 6.25. The third-order valence-corrected chi connectivity index (χ3v) is 1.41. The molecule has 0 aromatic rings. The molecule has 2 heterocycles. The highest BCUT2D eigenvalue weighted by Gasteiger charge is 2.38. The minimum Gasteiger partial charge on any atom is -0.492 e. The van der Waals surface area contributed by atoms with E-state index in [-0.39, 0.29) is 11.9 Å². The van der Waals surface area contributed by atoms with Crippen LogP contribution in [0.4, 0.5) is 0 Å². The molecule has 0 aromatic heterocycles. The van der Waals surface area contributed by atoms with E-state index in [1.165, 1.54) is 0 Å². The quantitative estimate of drug-likeness (QED) is 0.414. The Morgan fingerprint density at radius 1 is 1.73 bits per heavy atom. The van der Waals surface area contributed by atoms with Crippen LogP contribution in [0.3, 0.4) is 0 Å². The predicted molar refractivity (Wildman–Crippen MR) is 32.7 cm³/mol. The fraction of sp³-hybridized carbons (Fsp3) is 0.250. The second kappa shape index (κ2) is 1.77. The SMILES string of the molecule is NC1N(O)N=C2OC=C(O)N21. The fourth-order valence-corrected chi connectivity index (χ4v) is 0.887. The molecule has 0 saturated carbocycles. The Bertz CT molecular complexity index is 250. The van der Waals surface area contributed by atoms with E-state index in [0.717, 1.165) is 11.2 Å². The molecule has 1 atom stereocenters. The van der Waals surface area contributed by atoms with Crippen molar-refractivity contribution in [3.8, 4) is 0 Å². The largest absolute Gasteiger partial charge is 0.492 e. The summed E-state index contributed by atoms with van der Waals surface area (Å²) in [6, 6.07) is 0.0671. The number of aliphatic hydroxyl groups is 1. The van der Waals surface area contributed by atoms with Gasteiger partial charge < -0.3 is 9.84 Å². The number of hydrogen-bond donors (Lipinski definition) is 3. The van der Waals surface area contributed by atoms with E-state index in [1.807, 2.05) is 0 Å². The Kier molecular flexibility index (Phi) is 1.01. The maximum Gasteiger partial charge on any atom is 0.326 e. The monoisotopic (exact) mass is 158 g/mol. The lowest BCUT2D eigenvalue weighted by atomic mass is 10.7. The lowest BCUT2D eigenvalue weighted by Gasteiger charge is -2.18. The molecule has 0 aliphatic carbocycles. The van der Waals surface area contributed by atoms with Crippen molar-refractivity contribution in [1.82, 2.24) is 10.1 Å². The number of nitrogens with zero attached hydrogens (tertiary/aromatic N) is 3. The molecular formula is C4H6N4O3. The Morgan fingerprint density at radius 2 is 2.45 bits per heavy atom. The highest BCUT2D eigenvalue weighted by molar-refractivity contribution is 5.79. The zero-order chi connectivity index (χ0) is 8.01. The van der Waals surface area contributed by atoms with Crippen LogP contribution in [0, 0.1) is 0 Å². The molecule has 0 saturated heterocycles. The Hall–Kier alpha value is -1.47. The van der Waals surface area contributed by atoms with Gasteiger partial charge in [-0.25, -0.2) is 4.90 Å². The Morgan fingerprint density at radius 3 is 3.09 bits per heavy atom. The number of nitrogens with two attached hydrogens (primary N) is 1. The number of ether oxygens (including phenoxy) is 1. The number of amidine groups is 1. The second-order valence-corrected chi connectivity index (χ2v) is 2.08. The molecule has 2 aliphatic heterocycles. The molecule has 2 aliphatic rings. The maximum atomic E-state index is 9.05. The molecule has 7 nitrogen and oxygen atoms in total. The van der Waals surface area contributed by atoms with Gasteiger partial charge in [0, 0.05) is 0 Å². The van der Waals surface area contributed by atoms with Crippen LogP contribution in [0.2, 0.25) is 0 Å². The van der Waals surface area contributed by atoms with Gasteiger partial charge in [0.1, 0.15) is 0 Å². The van der Waals surface area contributed by atoms with E-state index in [2.05, 4.69) is 5.10 Å². The minimum atomic E-state index is -0.913. The summed E-state index contributed by atoms with van der Waals surface area (Å²) >= 11 is 0. The van der Waals surface area contributed by atoms with Crippen molar-refractivity contribution < 1.29 is 15.1 Å². The number of aliphatic hydroxyl groups excluding tert-OH is 1. The van der Waals surface area contributed by atoms with Gasteiger partial charge in [0.2, 0.25) is 12.2 Å². The number of hydrazone groups is 1. The first-order chi connectivity index (χ1) is 5.20. The fourth-order valence-electron chi connectivity index (χ4n) is 0.887. The lowest BCUT2D eigenvalue weighted by Crippen LogP contribution is -2.45. The normalized spacial score (nSPS) is 28.0. The molecule has 0 bridgehead atoms. The Balaban J connectivity index is 2.30. The molecule has 1 unspecified atom stereocenters. The first-order valence-corrected chi connectivity index (χ1v) is 2.87. The van der Waals surface area contributed by atoms with E-state index in [9.17, 15) is 0 Å². The van der Waals surface area contributed by atoms with Gasteiger partial charge in [0.15, 0.2) is 6.26 Å². The van der Waals surface area contributed by atoms with Gasteiger partial charge in [-0.15, -0.1) is 5.17 Å². The summed E-state index contributed by atoms with van der Waals surface area (Å²) in [6.45, 7) is 0. The third-order valence-electron chi connectivity index (χ3n) is 1.41. The van der Waals surface area contributed by atoms with Crippen molar-refractivity contribution in [2.75, 3.05) is 0 Å². The zero-order valence-corrected chi connectivity index (χ0v) is 5.38. The van der Waals surface area contributed by atoms with Gasteiger partial charge in [-0.1, -0.05) is 5.10 Å². The molecule has 0 fully saturated rings. The van der Waals surface area contributed by atoms with Gasteiger partial charge in [-0.05, 0) is 0 Å². The van der Waals surface area contributed by atoms with E-state index in [4.69, 9.17) is 20.8 Å². The topological polar surface area (TPSA) is 94.5 Å². The number of hydroxylamine groups is 1. The number of fused-ring (bicyclic) bond motifs is 1. The average Bonchev–Trinajstić information content (AvgIpc) is 2.41. The van der Waals surface area contributed by atoms with Crippen LogP contribution < -0.4 is 5.73 Å². The molecule has 0 amide bonds. The molecular weight excluding hydrogens is 152 g/mol.